The molecule has 0 radical (unpaired) electrons. The van der Waals surface area contributed by atoms with E-state index in [9.17, 15) is 0 Å². The Bertz CT molecular complexity index is 126. The second-order valence-electron chi connectivity index (χ2n) is 5.38. The molecular formula is C14H30. The van der Waals surface area contributed by atoms with Crippen molar-refractivity contribution in [1.82, 2.24) is 0 Å². The monoisotopic (exact) mass is 198 g/mol. The summed E-state index contributed by atoms with van der Waals surface area (Å²) in [7, 11) is 0. The van der Waals surface area contributed by atoms with Gasteiger partial charge in [-0.15, -0.1) is 0 Å². The predicted octanol–water partition coefficient (Wildman–Crippen LogP) is 5.13. The SMILES string of the molecule is CCC(C)CCC(C)C(CC)C(C)C. The van der Waals surface area contributed by atoms with Crippen LogP contribution in [0.15, 0.2) is 0 Å². The second kappa shape index (κ2) is 7.31. The third-order valence-electron chi connectivity index (χ3n) is 3.87. The molecule has 0 nitrogen and oxygen atoms in total. The first-order chi connectivity index (χ1) is 6.52. The van der Waals surface area contributed by atoms with Gasteiger partial charge in [-0.3, -0.25) is 0 Å². The summed E-state index contributed by atoms with van der Waals surface area (Å²) in [4.78, 5) is 0. The van der Waals surface area contributed by atoms with Gasteiger partial charge in [0, 0.05) is 0 Å². The third kappa shape index (κ3) is 5.02. The lowest BCUT2D eigenvalue weighted by atomic mass is 9.79. The molecule has 3 unspecified atom stereocenters. The van der Waals surface area contributed by atoms with Crippen molar-refractivity contribution in [1.29, 1.82) is 0 Å². The summed E-state index contributed by atoms with van der Waals surface area (Å²) in [5.41, 5.74) is 0. The van der Waals surface area contributed by atoms with Crippen molar-refractivity contribution >= 4 is 0 Å². The van der Waals surface area contributed by atoms with Crippen LogP contribution in [0.3, 0.4) is 0 Å². The summed E-state index contributed by atoms with van der Waals surface area (Å²) in [6, 6.07) is 0. The average molecular weight is 198 g/mol. The maximum absolute atomic E-state index is 2.44. The zero-order valence-corrected chi connectivity index (χ0v) is 11.1. The molecule has 86 valence electrons. The molecule has 0 N–H and O–H groups in total. The molecule has 0 spiro atoms. The molecule has 14 heavy (non-hydrogen) atoms. The van der Waals surface area contributed by atoms with E-state index in [1.807, 2.05) is 0 Å². The lowest BCUT2D eigenvalue weighted by molar-refractivity contribution is 0.236. The summed E-state index contributed by atoms with van der Waals surface area (Å²) in [5.74, 6) is 3.61. The van der Waals surface area contributed by atoms with Crippen molar-refractivity contribution in [3.8, 4) is 0 Å². The van der Waals surface area contributed by atoms with Crippen LogP contribution in [0.4, 0.5) is 0 Å². The van der Waals surface area contributed by atoms with Crippen LogP contribution in [0.1, 0.15) is 67.2 Å². The van der Waals surface area contributed by atoms with Crippen LogP contribution in [-0.2, 0) is 0 Å². The molecule has 0 aromatic heterocycles. The molecule has 0 heterocycles. The Morgan fingerprint density at radius 1 is 0.786 bits per heavy atom. The highest BCUT2D eigenvalue weighted by Gasteiger charge is 2.18. The fourth-order valence-corrected chi connectivity index (χ4v) is 2.50. The molecule has 0 fully saturated rings. The van der Waals surface area contributed by atoms with Gasteiger partial charge >= 0.3 is 0 Å². The zero-order valence-electron chi connectivity index (χ0n) is 11.1. The van der Waals surface area contributed by atoms with Gasteiger partial charge in [-0.25, -0.2) is 0 Å². The van der Waals surface area contributed by atoms with Crippen molar-refractivity contribution in [2.24, 2.45) is 23.7 Å². The Hall–Kier alpha value is 0. The first-order valence-electron chi connectivity index (χ1n) is 6.52. The lowest BCUT2D eigenvalue weighted by Crippen LogP contribution is -2.17. The van der Waals surface area contributed by atoms with Crippen LogP contribution in [0.5, 0.6) is 0 Å². The Morgan fingerprint density at radius 3 is 1.71 bits per heavy atom. The van der Waals surface area contributed by atoms with Crippen LogP contribution in [0, 0.1) is 23.7 Å². The topological polar surface area (TPSA) is 0 Å². The van der Waals surface area contributed by atoms with Crippen molar-refractivity contribution < 1.29 is 0 Å². The van der Waals surface area contributed by atoms with E-state index in [1.54, 1.807) is 0 Å². The highest BCUT2D eigenvalue weighted by atomic mass is 14.2. The molecule has 0 aromatic carbocycles. The smallest absolute Gasteiger partial charge is 0.0368 e. The summed E-state index contributed by atoms with van der Waals surface area (Å²) < 4.78 is 0. The second-order valence-corrected chi connectivity index (χ2v) is 5.38. The minimum atomic E-state index is 0.854. The van der Waals surface area contributed by atoms with Crippen LogP contribution in [0.2, 0.25) is 0 Å². The average Bonchev–Trinajstić information content (AvgIpc) is 2.14. The maximum atomic E-state index is 2.44. The van der Waals surface area contributed by atoms with E-state index in [4.69, 9.17) is 0 Å². The first-order valence-corrected chi connectivity index (χ1v) is 6.52. The van der Waals surface area contributed by atoms with Gasteiger partial charge in [0.15, 0.2) is 0 Å². The molecular weight excluding hydrogens is 168 g/mol. The normalized spacial score (nSPS) is 18.2. The molecule has 0 heteroatoms. The summed E-state index contributed by atoms with van der Waals surface area (Å²) >= 11 is 0. The van der Waals surface area contributed by atoms with Crippen LogP contribution >= 0.6 is 0 Å². The van der Waals surface area contributed by atoms with Crippen LogP contribution < -0.4 is 0 Å². The molecule has 0 rings (SSSR count). The Labute approximate surface area is 91.5 Å². The minimum absolute atomic E-state index is 0.854. The number of hydrogen-bond acceptors (Lipinski definition) is 0. The van der Waals surface area contributed by atoms with Gasteiger partial charge < -0.3 is 0 Å². The molecule has 0 aromatic rings. The van der Waals surface area contributed by atoms with Crippen LogP contribution in [0.25, 0.3) is 0 Å². The molecule has 0 amide bonds. The van der Waals surface area contributed by atoms with Gasteiger partial charge in [0.2, 0.25) is 0 Å². The van der Waals surface area contributed by atoms with Gasteiger partial charge in [-0.2, -0.15) is 0 Å². The third-order valence-corrected chi connectivity index (χ3v) is 3.87. The van der Waals surface area contributed by atoms with E-state index < -0.39 is 0 Å². The van der Waals surface area contributed by atoms with E-state index in [0.29, 0.717) is 0 Å². The standard InChI is InChI=1S/C14H30/c1-7-12(5)9-10-13(6)14(8-2)11(3)4/h11-14H,7-10H2,1-6H3. The fourth-order valence-electron chi connectivity index (χ4n) is 2.50. The van der Waals surface area contributed by atoms with Crippen molar-refractivity contribution in [3.05, 3.63) is 0 Å². The number of rotatable bonds is 7. The van der Waals surface area contributed by atoms with E-state index >= 15 is 0 Å². The van der Waals surface area contributed by atoms with Gasteiger partial charge in [0.05, 0.1) is 0 Å². The van der Waals surface area contributed by atoms with Gasteiger partial charge in [0.25, 0.3) is 0 Å². The van der Waals surface area contributed by atoms with E-state index in [2.05, 4.69) is 41.5 Å². The lowest BCUT2D eigenvalue weighted by Gasteiger charge is -2.27. The van der Waals surface area contributed by atoms with Gasteiger partial charge in [-0.05, 0) is 23.7 Å². The molecule has 0 aliphatic heterocycles. The first kappa shape index (κ1) is 14.0. The molecule has 3 atom stereocenters. The molecule has 0 aliphatic rings. The summed E-state index contributed by atoms with van der Waals surface area (Å²) in [5, 5.41) is 0. The highest BCUT2D eigenvalue weighted by Crippen LogP contribution is 2.28. The quantitative estimate of drug-likeness (QED) is 0.532. The summed E-state index contributed by atoms with van der Waals surface area (Å²) in [6.07, 6.45) is 5.52. The predicted molar refractivity (Wildman–Crippen MR) is 66.5 cm³/mol. The Morgan fingerprint density at radius 2 is 1.36 bits per heavy atom. The molecule has 0 aliphatic carbocycles. The maximum Gasteiger partial charge on any atom is -0.0368 e. The Kier molecular flexibility index (Phi) is 7.31. The molecule has 0 saturated carbocycles. The molecule has 0 saturated heterocycles. The van der Waals surface area contributed by atoms with Crippen molar-refractivity contribution in [2.45, 2.75) is 67.2 Å². The summed E-state index contributed by atoms with van der Waals surface area (Å²) in [6.45, 7) is 14.2. The van der Waals surface area contributed by atoms with E-state index in [-0.39, 0.29) is 0 Å². The van der Waals surface area contributed by atoms with Crippen molar-refractivity contribution in [3.63, 3.8) is 0 Å². The highest BCUT2D eigenvalue weighted by molar-refractivity contribution is 4.69. The Balaban J connectivity index is 3.86. The van der Waals surface area contributed by atoms with Gasteiger partial charge in [0.1, 0.15) is 0 Å². The molecule has 0 bridgehead atoms. The largest absolute Gasteiger partial charge is 0.0651 e. The number of hydrogen-bond donors (Lipinski definition) is 0. The van der Waals surface area contributed by atoms with E-state index in [1.165, 1.54) is 25.7 Å². The van der Waals surface area contributed by atoms with E-state index in [0.717, 1.165) is 23.7 Å². The van der Waals surface area contributed by atoms with Crippen molar-refractivity contribution in [2.75, 3.05) is 0 Å². The van der Waals surface area contributed by atoms with Gasteiger partial charge in [-0.1, -0.05) is 67.2 Å². The van der Waals surface area contributed by atoms with Crippen LogP contribution in [-0.4, -0.2) is 0 Å². The zero-order chi connectivity index (χ0) is 11.1. The fraction of sp³-hybridized carbons (Fsp3) is 1.00. The minimum Gasteiger partial charge on any atom is -0.0651 e.